The van der Waals surface area contributed by atoms with Crippen molar-refractivity contribution in [2.24, 2.45) is 0 Å². The van der Waals surface area contributed by atoms with Crippen LogP contribution in [0.3, 0.4) is 0 Å². The van der Waals surface area contributed by atoms with Gasteiger partial charge in [-0.1, -0.05) is 0 Å². The molecule has 0 N–H and O–H groups in total. The van der Waals surface area contributed by atoms with Crippen LogP contribution in [0, 0.1) is 0 Å². The Morgan fingerprint density at radius 3 is 1.57 bits per heavy atom. The molecule has 1 nitrogen and oxygen atoms in total. The van der Waals surface area contributed by atoms with Crippen molar-refractivity contribution >= 4 is 6.29 Å². The van der Waals surface area contributed by atoms with Gasteiger partial charge in [-0.2, -0.15) is 0 Å². The second-order valence-electron chi connectivity index (χ2n) is 0.322. The van der Waals surface area contributed by atoms with E-state index in [1.54, 1.807) is 0 Å². The normalized spacial score (nSPS) is 2.86. The third kappa shape index (κ3) is 40.6. The van der Waals surface area contributed by atoms with Crippen molar-refractivity contribution in [3.63, 3.8) is 0 Å². The van der Waals surface area contributed by atoms with E-state index in [0.717, 1.165) is 6.08 Å². The van der Waals surface area contributed by atoms with Gasteiger partial charge in [0.05, 0.1) is 0 Å². The number of hydrogen-bond acceptors (Lipinski definition) is 1. The molecular weight excluding hydrogens is 239 g/mol. The minimum atomic E-state index is 0. The number of allylic oxidation sites excluding steroid dienone is 1. The zero-order valence-electron chi connectivity index (χ0n) is 3.96. The minimum Gasteiger partial charge on any atom is -0.419 e. The fourth-order valence-corrected chi connectivity index (χ4v) is 0. The number of carbonyl (C=O) groups excluding carboxylic acids is 1. The van der Waals surface area contributed by atoms with Crippen LogP contribution in [0.1, 0.15) is 0 Å². The summed E-state index contributed by atoms with van der Waals surface area (Å²) in [4.78, 5) is 8.93. The summed E-state index contributed by atoms with van der Waals surface area (Å²) in [5.74, 6) is 0. The Balaban J connectivity index is -0.0000000150. The van der Waals surface area contributed by atoms with Gasteiger partial charge in [0.1, 0.15) is 0 Å². The van der Waals surface area contributed by atoms with Crippen LogP contribution >= 0.6 is 0 Å². The van der Waals surface area contributed by atoms with E-state index < -0.39 is 0 Å². The van der Waals surface area contributed by atoms with E-state index in [1.807, 2.05) is 0 Å². The minimum absolute atomic E-state index is 0. The molecule has 0 unspecified atom stereocenters. The molecule has 0 aliphatic heterocycles. The van der Waals surface area contributed by atoms with Gasteiger partial charge in [-0.15, -0.1) is 0 Å². The monoisotopic (exact) mass is 239 g/mol. The molecule has 0 aromatic carbocycles. The maximum Gasteiger partial charge on any atom is 0 e. The Kier molecular flexibility index (Phi) is 93.6. The molecule has 0 atom stereocenters. The van der Waals surface area contributed by atoms with Gasteiger partial charge in [0.2, 0.25) is 0 Å². The van der Waals surface area contributed by atoms with Crippen LogP contribution in [0.4, 0.5) is 0 Å². The van der Waals surface area contributed by atoms with Crippen LogP contribution in [-0.4, -0.2) is 6.29 Å². The van der Waals surface area contributed by atoms with Gasteiger partial charge in [0.25, 0.3) is 0 Å². The first-order valence-electron chi connectivity index (χ1n) is 0.901. The van der Waals surface area contributed by atoms with Crippen molar-refractivity contribution in [2.75, 3.05) is 0 Å². The van der Waals surface area contributed by atoms with E-state index in [-0.39, 0.29) is 56.0 Å². The molecule has 0 aromatic rings. The van der Waals surface area contributed by atoms with Crippen LogP contribution < -0.4 is 0 Å². The Morgan fingerprint density at radius 1 is 1.43 bits per heavy atom. The second kappa shape index (κ2) is 27.1. The molecule has 0 aliphatic rings. The summed E-state index contributed by atoms with van der Waals surface area (Å²) < 4.78 is 0. The molecule has 0 fully saturated rings. The van der Waals surface area contributed by atoms with E-state index in [1.165, 1.54) is 6.29 Å². The summed E-state index contributed by atoms with van der Waals surface area (Å²) in [6, 6.07) is 0. The molecule has 34 valence electrons. The Hall–Kier alpha value is 1.18. The standard InChI is InChI=1S/C3H3O.Fe.2Zn/c1-2-3-4;;;/h2H,1H2;;;/q-1;;;. The van der Waals surface area contributed by atoms with Crippen LogP contribution in [0.15, 0.2) is 12.7 Å². The van der Waals surface area contributed by atoms with Crippen molar-refractivity contribution in [2.45, 2.75) is 0 Å². The molecular formula is C3H3FeOZn2-. The fraction of sp³-hybridized carbons (Fsp3) is 0. The maximum atomic E-state index is 8.93. The van der Waals surface area contributed by atoms with Crippen molar-refractivity contribution < 1.29 is 60.8 Å². The van der Waals surface area contributed by atoms with E-state index in [2.05, 4.69) is 6.58 Å². The average Bonchev–Trinajstić information content (AvgIpc) is 1.37. The van der Waals surface area contributed by atoms with Gasteiger partial charge >= 0.3 is 0 Å². The Morgan fingerprint density at radius 2 is 1.57 bits per heavy atom. The van der Waals surface area contributed by atoms with Crippen LogP contribution in [0.25, 0.3) is 0 Å². The molecule has 0 radical (unpaired) electrons. The summed E-state index contributed by atoms with van der Waals surface area (Å²) in [6.07, 6.45) is 2.51. The van der Waals surface area contributed by atoms with Gasteiger partial charge in [-0.25, -0.2) is 12.7 Å². The predicted molar refractivity (Wildman–Crippen MR) is 15.9 cm³/mol. The first kappa shape index (κ1) is 24.1. The quantitative estimate of drug-likeness (QED) is 0.366. The third-order valence-corrected chi connectivity index (χ3v) is 0.0833. The summed E-state index contributed by atoms with van der Waals surface area (Å²) in [6.45, 7) is 3.06. The number of rotatable bonds is 1. The third-order valence-electron chi connectivity index (χ3n) is 0.0833. The van der Waals surface area contributed by atoms with Crippen LogP contribution in [0.2, 0.25) is 0 Å². The smallest absolute Gasteiger partial charge is 0 e. The molecule has 7 heavy (non-hydrogen) atoms. The summed E-state index contributed by atoms with van der Waals surface area (Å²) in [5.41, 5.74) is 0. The van der Waals surface area contributed by atoms with Gasteiger partial charge in [-0.3, -0.25) is 0 Å². The van der Waals surface area contributed by atoms with Crippen LogP contribution in [0.5, 0.6) is 0 Å². The van der Waals surface area contributed by atoms with E-state index in [4.69, 9.17) is 4.79 Å². The zero-order valence-corrected chi connectivity index (χ0v) is 11.0. The molecule has 0 aromatic heterocycles. The maximum absolute atomic E-state index is 8.93. The summed E-state index contributed by atoms with van der Waals surface area (Å²) in [7, 11) is 0. The number of hydrogen-bond donors (Lipinski definition) is 0. The molecule has 0 amide bonds. The van der Waals surface area contributed by atoms with Gasteiger partial charge in [0, 0.05) is 56.0 Å². The predicted octanol–water partition coefficient (Wildman–Crippen LogP) is 0.275. The molecule has 0 bridgehead atoms. The zero-order chi connectivity index (χ0) is 3.41. The molecule has 0 saturated carbocycles. The Labute approximate surface area is 79.3 Å². The first-order chi connectivity index (χ1) is 1.91. The van der Waals surface area contributed by atoms with Crippen LogP contribution in [-0.2, 0) is 60.8 Å². The van der Waals surface area contributed by atoms with Crippen molar-refractivity contribution in [3.05, 3.63) is 12.7 Å². The topological polar surface area (TPSA) is 17.1 Å². The van der Waals surface area contributed by atoms with Gasteiger partial charge in [-0.05, 0) is 6.29 Å². The van der Waals surface area contributed by atoms with Crippen molar-refractivity contribution in [1.29, 1.82) is 0 Å². The average molecular weight is 242 g/mol. The Bertz CT molecular complexity index is 33.9. The fourth-order valence-electron chi connectivity index (χ4n) is 0. The first-order valence-corrected chi connectivity index (χ1v) is 0.901. The molecule has 0 heterocycles. The SMILES string of the molecule is C=C[C-]=O.[Fe].[Zn].[Zn]. The molecule has 0 spiro atoms. The molecule has 0 saturated heterocycles. The summed E-state index contributed by atoms with van der Waals surface area (Å²) in [5, 5.41) is 0. The molecule has 0 rings (SSSR count). The largest absolute Gasteiger partial charge is 0.419 e. The van der Waals surface area contributed by atoms with E-state index in [9.17, 15) is 0 Å². The van der Waals surface area contributed by atoms with Crippen molar-refractivity contribution in [3.8, 4) is 0 Å². The van der Waals surface area contributed by atoms with Gasteiger partial charge < -0.3 is 4.79 Å². The summed E-state index contributed by atoms with van der Waals surface area (Å²) >= 11 is 0. The van der Waals surface area contributed by atoms with E-state index in [0.29, 0.717) is 0 Å². The van der Waals surface area contributed by atoms with Gasteiger partial charge in [0.15, 0.2) is 0 Å². The van der Waals surface area contributed by atoms with E-state index >= 15 is 0 Å². The van der Waals surface area contributed by atoms with Crippen molar-refractivity contribution in [1.82, 2.24) is 0 Å². The molecule has 4 heteroatoms. The second-order valence-corrected chi connectivity index (χ2v) is 0.322. The molecule has 0 aliphatic carbocycles.